The number of rotatable bonds is 2. The van der Waals surface area contributed by atoms with Crippen LogP contribution in [-0.2, 0) is 0 Å². The summed E-state index contributed by atoms with van der Waals surface area (Å²) in [6.07, 6.45) is 0. The minimum absolute atomic E-state index is 0.0659. The molecule has 8 nitrogen and oxygen atoms in total. The van der Waals surface area contributed by atoms with Crippen LogP contribution in [0.4, 0.5) is 10.2 Å². The second-order valence-corrected chi connectivity index (χ2v) is 4.75. The highest BCUT2D eigenvalue weighted by molar-refractivity contribution is 6.23. The van der Waals surface area contributed by atoms with E-state index in [0.717, 1.165) is 22.8 Å². The van der Waals surface area contributed by atoms with E-state index in [2.05, 4.69) is 0 Å². The summed E-state index contributed by atoms with van der Waals surface area (Å²) in [5, 5.41) is 11.6. The molecule has 0 fully saturated rings. The number of pyridine rings is 1. The molecule has 1 aromatic heterocycles. The van der Waals surface area contributed by atoms with Gasteiger partial charge in [0, 0.05) is 18.2 Å². The number of ether oxygens (including phenoxy) is 1. The first-order chi connectivity index (χ1) is 10.8. The average molecular weight is 319 g/mol. The number of aromatic nitrogens is 1. The number of imide groups is 1. The summed E-state index contributed by atoms with van der Waals surface area (Å²) in [4.78, 5) is 35.7. The van der Waals surface area contributed by atoms with Crippen molar-refractivity contribution in [2.75, 3.05) is 12.8 Å². The summed E-state index contributed by atoms with van der Waals surface area (Å²) in [5.74, 6) is -3.56. The van der Waals surface area contributed by atoms with Crippen molar-refractivity contribution >= 4 is 17.6 Å². The van der Waals surface area contributed by atoms with E-state index in [4.69, 9.17) is 10.5 Å². The fraction of sp³-hybridized carbons (Fsp3) is 0.0714. The molecule has 2 aromatic rings. The van der Waals surface area contributed by atoms with Crippen molar-refractivity contribution in [3.63, 3.8) is 0 Å². The van der Waals surface area contributed by atoms with Crippen molar-refractivity contribution in [1.82, 2.24) is 9.88 Å². The number of nitrogen functional groups attached to an aromatic ring is 1. The monoisotopic (exact) mass is 319 g/mol. The number of carbonyl (C=O) groups is 2. The molecular formula is C14H10FN3O5. The number of hydrogen-bond donors (Lipinski definition) is 3. The van der Waals surface area contributed by atoms with Crippen molar-refractivity contribution in [2.45, 2.75) is 0 Å². The van der Waals surface area contributed by atoms with E-state index in [1.807, 2.05) is 5.32 Å². The molecular weight excluding hydrogens is 309 g/mol. The van der Waals surface area contributed by atoms with Crippen LogP contribution >= 0.6 is 0 Å². The van der Waals surface area contributed by atoms with Crippen LogP contribution in [0.5, 0.6) is 11.5 Å². The standard InChI is InChI=1S/C14H10FN3O5/c1-23-9-3-6(15)8(19)4-7(9)18-10(20)2-5-11(12(18)16)14(22)17-13(5)21/h2-4,19H,16H2,1H3,(H,17,21,22). The highest BCUT2D eigenvalue weighted by Gasteiger charge is 2.32. The SMILES string of the molecule is COc1cc(F)c(O)cc1-n1c(N)c2c(cc1=O)C(=O)NC2=O. The van der Waals surface area contributed by atoms with Crippen LogP contribution in [0, 0.1) is 5.82 Å². The molecule has 118 valence electrons. The second-order valence-electron chi connectivity index (χ2n) is 4.75. The van der Waals surface area contributed by atoms with Gasteiger partial charge < -0.3 is 15.6 Å². The lowest BCUT2D eigenvalue weighted by molar-refractivity contribution is 0.0880. The quantitative estimate of drug-likeness (QED) is 0.677. The van der Waals surface area contributed by atoms with Gasteiger partial charge in [0.2, 0.25) is 0 Å². The minimum atomic E-state index is -0.952. The normalized spacial score (nSPS) is 13.0. The van der Waals surface area contributed by atoms with Gasteiger partial charge in [-0.1, -0.05) is 0 Å². The molecule has 0 saturated carbocycles. The topological polar surface area (TPSA) is 124 Å². The molecule has 2 heterocycles. The first-order valence-electron chi connectivity index (χ1n) is 6.33. The third-order valence-electron chi connectivity index (χ3n) is 3.44. The van der Waals surface area contributed by atoms with Gasteiger partial charge in [0.05, 0.1) is 23.9 Å². The van der Waals surface area contributed by atoms with Crippen LogP contribution < -0.4 is 21.3 Å². The van der Waals surface area contributed by atoms with Crippen LogP contribution in [-0.4, -0.2) is 28.6 Å². The van der Waals surface area contributed by atoms with Crippen LogP contribution in [0.3, 0.4) is 0 Å². The van der Waals surface area contributed by atoms with Crippen molar-refractivity contribution < 1.29 is 23.8 Å². The Kier molecular flexibility index (Phi) is 3.06. The van der Waals surface area contributed by atoms with Crippen LogP contribution in [0.1, 0.15) is 20.7 Å². The van der Waals surface area contributed by atoms with E-state index in [0.29, 0.717) is 0 Å². The maximum Gasteiger partial charge on any atom is 0.262 e. The van der Waals surface area contributed by atoms with Gasteiger partial charge in [-0.2, -0.15) is 0 Å². The largest absolute Gasteiger partial charge is 0.505 e. The summed E-state index contributed by atoms with van der Waals surface area (Å²) in [7, 11) is 1.24. The molecule has 0 atom stereocenters. The van der Waals surface area contributed by atoms with Gasteiger partial charge in [0.1, 0.15) is 11.6 Å². The van der Waals surface area contributed by atoms with Gasteiger partial charge in [-0.05, 0) is 0 Å². The van der Waals surface area contributed by atoms with Gasteiger partial charge in [-0.15, -0.1) is 0 Å². The molecule has 0 bridgehead atoms. The number of phenols is 1. The number of aromatic hydroxyl groups is 1. The Bertz CT molecular complexity index is 935. The Morgan fingerprint density at radius 3 is 2.57 bits per heavy atom. The van der Waals surface area contributed by atoms with Gasteiger partial charge in [-0.3, -0.25) is 24.3 Å². The molecule has 4 N–H and O–H groups in total. The van der Waals surface area contributed by atoms with E-state index < -0.39 is 28.9 Å². The molecule has 0 spiro atoms. The number of nitrogens with two attached hydrogens (primary N) is 1. The first kappa shape index (κ1) is 14.6. The zero-order chi connectivity index (χ0) is 16.9. The van der Waals surface area contributed by atoms with E-state index >= 15 is 0 Å². The average Bonchev–Trinajstić information content (AvgIpc) is 2.77. The number of phenolic OH excluding ortho intramolecular Hbond substituents is 1. The van der Waals surface area contributed by atoms with Crippen molar-refractivity contribution in [1.29, 1.82) is 0 Å². The Hall–Kier alpha value is -3.36. The van der Waals surface area contributed by atoms with Gasteiger partial charge in [0.15, 0.2) is 11.6 Å². The number of hydrogen-bond acceptors (Lipinski definition) is 6. The fourth-order valence-corrected chi connectivity index (χ4v) is 2.40. The maximum absolute atomic E-state index is 13.4. The maximum atomic E-state index is 13.4. The first-order valence-corrected chi connectivity index (χ1v) is 6.33. The molecule has 0 unspecified atom stereocenters. The fourth-order valence-electron chi connectivity index (χ4n) is 2.40. The lowest BCUT2D eigenvalue weighted by Gasteiger charge is -2.15. The Morgan fingerprint density at radius 2 is 1.91 bits per heavy atom. The Morgan fingerprint density at radius 1 is 1.22 bits per heavy atom. The third-order valence-corrected chi connectivity index (χ3v) is 3.44. The molecule has 23 heavy (non-hydrogen) atoms. The number of nitrogens with zero attached hydrogens (tertiary/aromatic N) is 1. The summed E-state index contributed by atoms with van der Waals surface area (Å²) in [6, 6.07) is 2.74. The summed E-state index contributed by atoms with van der Waals surface area (Å²) >= 11 is 0. The van der Waals surface area contributed by atoms with Gasteiger partial charge in [-0.25, -0.2) is 4.39 Å². The molecule has 3 rings (SSSR count). The van der Waals surface area contributed by atoms with E-state index in [-0.39, 0.29) is 28.4 Å². The second kappa shape index (κ2) is 4.83. The third kappa shape index (κ3) is 2.01. The van der Waals surface area contributed by atoms with Gasteiger partial charge >= 0.3 is 0 Å². The number of benzene rings is 1. The van der Waals surface area contributed by atoms with Crippen LogP contribution in [0.2, 0.25) is 0 Å². The minimum Gasteiger partial charge on any atom is -0.505 e. The van der Waals surface area contributed by atoms with Crippen molar-refractivity contribution in [3.05, 3.63) is 45.5 Å². The lowest BCUT2D eigenvalue weighted by Crippen LogP contribution is -2.24. The molecule has 0 radical (unpaired) electrons. The predicted octanol–water partition coefficient (Wildman–Crippen LogP) is 0.157. The number of halogens is 1. The van der Waals surface area contributed by atoms with Crippen molar-refractivity contribution in [2.24, 2.45) is 0 Å². The number of fused-ring (bicyclic) bond motifs is 1. The summed E-state index contributed by atoms with van der Waals surface area (Å²) < 4.78 is 19.3. The summed E-state index contributed by atoms with van der Waals surface area (Å²) in [5.41, 5.74) is 4.74. The molecule has 0 aliphatic carbocycles. The number of methoxy groups -OCH3 is 1. The van der Waals surface area contributed by atoms with Crippen molar-refractivity contribution in [3.8, 4) is 17.2 Å². The number of amides is 2. The zero-order valence-corrected chi connectivity index (χ0v) is 11.7. The highest BCUT2D eigenvalue weighted by Crippen LogP contribution is 2.32. The Balaban J connectivity index is 2.38. The van der Waals surface area contributed by atoms with Crippen LogP contribution in [0.25, 0.3) is 5.69 Å². The molecule has 1 aromatic carbocycles. The molecule has 1 aliphatic heterocycles. The number of nitrogens with one attached hydrogen (secondary N) is 1. The molecule has 0 saturated heterocycles. The Labute approximate surface area is 127 Å². The number of anilines is 1. The van der Waals surface area contributed by atoms with E-state index in [9.17, 15) is 23.9 Å². The van der Waals surface area contributed by atoms with Gasteiger partial charge in [0.25, 0.3) is 17.4 Å². The zero-order valence-electron chi connectivity index (χ0n) is 11.7. The molecule has 9 heteroatoms. The van der Waals surface area contributed by atoms with E-state index in [1.165, 1.54) is 7.11 Å². The molecule has 2 amide bonds. The van der Waals surface area contributed by atoms with Crippen LogP contribution in [0.15, 0.2) is 23.0 Å². The van der Waals surface area contributed by atoms with E-state index in [1.54, 1.807) is 0 Å². The highest BCUT2D eigenvalue weighted by atomic mass is 19.1. The predicted molar refractivity (Wildman–Crippen MR) is 76.4 cm³/mol. The summed E-state index contributed by atoms with van der Waals surface area (Å²) in [6.45, 7) is 0. The smallest absolute Gasteiger partial charge is 0.262 e. The number of carbonyl (C=O) groups excluding carboxylic acids is 2. The molecule has 1 aliphatic rings. The lowest BCUT2D eigenvalue weighted by atomic mass is 10.1.